The van der Waals surface area contributed by atoms with Gasteiger partial charge in [0.05, 0.1) is 0 Å². The summed E-state index contributed by atoms with van der Waals surface area (Å²) >= 11 is 0. The predicted molar refractivity (Wildman–Crippen MR) is 120 cm³/mol. The second-order valence-electron chi connectivity index (χ2n) is 8.77. The van der Waals surface area contributed by atoms with Crippen LogP contribution in [0.3, 0.4) is 0 Å². The number of likely N-dealkylation sites (tertiary alicyclic amines) is 1. The fourth-order valence-corrected chi connectivity index (χ4v) is 3.62. The molecule has 1 saturated heterocycles. The third-order valence-electron chi connectivity index (χ3n) is 5.07. The Morgan fingerprint density at radius 2 is 1.66 bits per heavy atom. The summed E-state index contributed by atoms with van der Waals surface area (Å²) < 4.78 is 10.8. The average Bonchev–Trinajstić information content (AvgIpc) is 3.25. The Kier molecular flexibility index (Phi) is 7.51. The molecule has 0 aromatic heterocycles. The molecule has 2 amide bonds. The maximum Gasteiger partial charge on any atom is 0.408 e. The van der Waals surface area contributed by atoms with Gasteiger partial charge >= 0.3 is 12.1 Å². The Labute approximate surface area is 188 Å². The van der Waals surface area contributed by atoms with Crippen LogP contribution in [0.5, 0.6) is 0 Å². The average molecular weight is 439 g/mol. The Hall–Kier alpha value is -3.35. The van der Waals surface area contributed by atoms with E-state index in [1.165, 1.54) is 4.90 Å². The van der Waals surface area contributed by atoms with Gasteiger partial charge in [-0.3, -0.25) is 4.79 Å². The van der Waals surface area contributed by atoms with Crippen LogP contribution in [0.25, 0.3) is 0 Å². The summed E-state index contributed by atoms with van der Waals surface area (Å²) in [7, 11) is 0. The minimum absolute atomic E-state index is 0.149. The van der Waals surface area contributed by atoms with Crippen molar-refractivity contribution in [3.05, 3.63) is 71.8 Å². The Morgan fingerprint density at radius 1 is 1.03 bits per heavy atom. The number of rotatable bonds is 6. The van der Waals surface area contributed by atoms with Gasteiger partial charge in [0.1, 0.15) is 24.3 Å². The molecule has 1 heterocycles. The minimum Gasteiger partial charge on any atom is -0.459 e. The number of hydrogen-bond acceptors (Lipinski definition) is 5. The third kappa shape index (κ3) is 6.33. The monoisotopic (exact) mass is 438 g/mol. The molecule has 1 fully saturated rings. The number of esters is 1. The maximum atomic E-state index is 13.5. The topological polar surface area (TPSA) is 84.9 Å². The highest BCUT2D eigenvalue weighted by Gasteiger charge is 2.39. The van der Waals surface area contributed by atoms with E-state index in [2.05, 4.69) is 5.32 Å². The molecule has 0 aliphatic carbocycles. The zero-order valence-electron chi connectivity index (χ0n) is 18.7. The van der Waals surface area contributed by atoms with Gasteiger partial charge in [0.15, 0.2) is 0 Å². The molecule has 1 aliphatic rings. The summed E-state index contributed by atoms with van der Waals surface area (Å²) in [4.78, 5) is 40.2. The normalized spacial score (nSPS) is 16.8. The van der Waals surface area contributed by atoms with Gasteiger partial charge in [0, 0.05) is 6.54 Å². The van der Waals surface area contributed by atoms with Crippen molar-refractivity contribution in [2.45, 2.75) is 57.9 Å². The first-order chi connectivity index (χ1) is 15.2. The molecule has 2 aromatic rings. The highest BCUT2D eigenvalue weighted by atomic mass is 16.6. The number of benzene rings is 2. The van der Waals surface area contributed by atoms with Gasteiger partial charge < -0.3 is 19.7 Å². The van der Waals surface area contributed by atoms with Crippen molar-refractivity contribution in [1.82, 2.24) is 10.2 Å². The first kappa shape index (κ1) is 23.3. The summed E-state index contributed by atoms with van der Waals surface area (Å²) in [6, 6.07) is 16.7. The van der Waals surface area contributed by atoms with Crippen molar-refractivity contribution in [1.29, 1.82) is 0 Å². The molecule has 0 saturated carbocycles. The quantitative estimate of drug-likeness (QED) is 0.690. The fourth-order valence-electron chi connectivity index (χ4n) is 3.62. The molecular formula is C25H30N2O5. The lowest BCUT2D eigenvalue weighted by molar-refractivity contribution is -0.155. The molecule has 170 valence electrons. The van der Waals surface area contributed by atoms with E-state index in [-0.39, 0.29) is 12.5 Å². The first-order valence-corrected chi connectivity index (χ1v) is 10.8. The lowest BCUT2D eigenvalue weighted by Crippen LogP contribution is -2.48. The number of alkyl carbamates (subject to hydrolysis) is 1. The molecule has 7 nitrogen and oxygen atoms in total. The van der Waals surface area contributed by atoms with Crippen molar-refractivity contribution in [3.8, 4) is 0 Å². The van der Waals surface area contributed by atoms with E-state index in [1.54, 1.807) is 45.0 Å². The summed E-state index contributed by atoms with van der Waals surface area (Å²) in [6.45, 7) is 5.83. The molecular weight excluding hydrogens is 408 g/mol. The van der Waals surface area contributed by atoms with Crippen LogP contribution < -0.4 is 5.32 Å². The van der Waals surface area contributed by atoms with Crippen molar-refractivity contribution in [2.75, 3.05) is 6.54 Å². The first-order valence-electron chi connectivity index (χ1n) is 10.8. The van der Waals surface area contributed by atoms with Crippen molar-refractivity contribution in [2.24, 2.45) is 0 Å². The van der Waals surface area contributed by atoms with Gasteiger partial charge in [-0.2, -0.15) is 0 Å². The van der Waals surface area contributed by atoms with Gasteiger partial charge in [0.25, 0.3) is 5.91 Å². The van der Waals surface area contributed by atoms with Crippen molar-refractivity contribution >= 4 is 18.0 Å². The number of carbonyl (C=O) groups excluding carboxylic acids is 3. The van der Waals surface area contributed by atoms with E-state index >= 15 is 0 Å². The molecule has 2 atom stereocenters. The van der Waals surface area contributed by atoms with Gasteiger partial charge in [-0.05, 0) is 44.7 Å². The Morgan fingerprint density at radius 3 is 2.28 bits per heavy atom. The zero-order chi connectivity index (χ0) is 23.1. The van der Waals surface area contributed by atoms with Crippen LogP contribution in [-0.2, 0) is 25.7 Å². The van der Waals surface area contributed by atoms with E-state index < -0.39 is 29.7 Å². The minimum atomic E-state index is -0.964. The molecule has 0 radical (unpaired) electrons. The summed E-state index contributed by atoms with van der Waals surface area (Å²) in [6.07, 6.45) is 0.514. The summed E-state index contributed by atoms with van der Waals surface area (Å²) in [5.74, 6) is -0.801. The molecule has 7 heteroatoms. The van der Waals surface area contributed by atoms with Crippen LogP contribution in [0.2, 0.25) is 0 Å². The van der Waals surface area contributed by atoms with Gasteiger partial charge in [-0.25, -0.2) is 9.59 Å². The molecule has 2 aromatic carbocycles. The molecule has 32 heavy (non-hydrogen) atoms. The van der Waals surface area contributed by atoms with E-state index in [0.29, 0.717) is 24.9 Å². The van der Waals surface area contributed by atoms with Gasteiger partial charge in [-0.15, -0.1) is 0 Å². The second-order valence-corrected chi connectivity index (χ2v) is 8.77. The van der Waals surface area contributed by atoms with Crippen molar-refractivity contribution in [3.63, 3.8) is 0 Å². The lowest BCUT2D eigenvalue weighted by atomic mass is 10.1. The van der Waals surface area contributed by atoms with Crippen LogP contribution in [0.15, 0.2) is 60.7 Å². The zero-order valence-corrected chi connectivity index (χ0v) is 18.7. The Balaban J connectivity index is 1.73. The van der Waals surface area contributed by atoms with Crippen LogP contribution in [0.4, 0.5) is 4.79 Å². The van der Waals surface area contributed by atoms with E-state index in [9.17, 15) is 14.4 Å². The van der Waals surface area contributed by atoms with Crippen LogP contribution in [0.1, 0.15) is 50.8 Å². The fraction of sp³-hybridized carbons (Fsp3) is 0.400. The smallest absolute Gasteiger partial charge is 0.408 e. The van der Waals surface area contributed by atoms with Gasteiger partial charge in [0.2, 0.25) is 0 Å². The number of amides is 2. The predicted octanol–water partition coefficient (Wildman–Crippen LogP) is 3.99. The number of ether oxygens (including phenoxy) is 2. The van der Waals surface area contributed by atoms with Crippen LogP contribution in [-0.4, -0.2) is 41.1 Å². The lowest BCUT2D eigenvalue weighted by Gasteiger charge is -2.29. The SMILES string of the molecule is CC(C)(C)OC(=O)N[C@@H](C(=O)N1CCC[C@H]1C(=O)OCc1ccccc1)c1ccccc1. The van der Waals surface area contributed by atoms with Crippen LogP contribution >= 0.6 is 0 Å². The van der Waals surface area contributed by atoms with Crippen molar-refractivity contribution < 1.29 is 23.9 Å². The van der Waals surface area contributed by atoms with E-state index in [4.69, 9.17) is 9.47 Å². The number of hydrogen-bond donors (Lipinski definition) is 1. The molecule has 0 spiro atoms. The highest BCUT2D eigenvalue weighted by Crippen LogP contribution is 2.25. The van der Waals surface area contributed by atoms with Gasteiger partial charge in [-0.1, -0.05) is 60.7 Å². The number of carbonyl (C=O) groups is 3. The Bertz CT molecular complexity index is 924. The van der Waals surface area contributed by atoms with E-state index in [1.807, 2.05) is 36.4 Å². The van der Waals surface area contributed by atoms with Crippen LogP contribution in [0, 0.1) is 0 Å². The highest BCUT2D eigenvalue weighted by molar-refractivity contribution is 5.91. The number of nitrogens with zero attached hydrogens (tertiary/aromatic N) is 1. The van der Waals surface area contributed by atoms with E-state index in [0.717, 1.165) is 5.56 Å². The third-order valence-corrected chi connectivity index (χ3v) is 5.07. The largest absolute Gasteiger partial charge is 0.459 e. The maximum absolute atomic E-state index is 13.5. The molecule has 1 aliphatic heterocycles. The standard InChI is InChI=1S/C25H30N2O5/c1-25(2,3)32-24(30)26-21(19-13-8-5-9-14-19)22(28)27-16-10-15-20(27)23(29)31-17-18-11-6-4-7-12-18/h4-9,11-14,20-21H,10,15-17H2,1-3H3,(H,26,30)/t20-,21+/m0/s1. The second kappa shape index (κ2) is 10.3. The molecule has 0 unspecified atom stereocenters. The summed E-state index contributed by atoms with van der Waals surface area (Å²) in [5.41, 5.74) is 0.795. The molecule has 1 N–H and O–H groups in total. The molecule has 0 bridgehead atoms. The summed E-state index contributed by atoms with van der Waals surface area (Å²) in [5, 5.41) is 2.68. The molecule has 3 rings (SSSR count). The number of nitrogens with one attached hydrogen (secondary N) is 1.